The van der Waals surface area contributed by atoms with Crippen molar-refractivity contribution >= 4 is 52.4 Å². The van der Waals surface area contributed by atoms with Gasteiger partial charge in [0.2, 0.25) is 11.3 Å². The zero-order valence-electron chi connectivity index (χ0n) is 44.9. The molecule has 1 fully saturated rings. The summed E-state index contributed by atoms with van der Waals surface area (Å²) in [6.45, 7) is 16.7. The topological polar surface area (TPSA) is 288 Å². The molecule has 4 unspecified atom stereocenters. The Morgan fingerprint density at radius 2 is 1.76 bits per heavy atom. The molecule has 6 N–H and O–H groups in total. The number of rotatable bonds is 16. The normalized spacial score (nSPS) is 22.0. The number of nitrogens with zero attached hydrogens (tertiary/aromatic N) is 5. The number of carbonyl (C=O) groups excluding carboxylic acids is 2. The van der Waals surface area contributed by atoms with Gasteiger partial charge >= 0.3 is 21.3 Å². The zero-order chi connectivity index (χ0) is 56.3. The molecule has 4 aromatic rings. The van der Waals surface area contributed by atoms with Gasteiger partial charge in [0.25, 0.3) is 13.7 Å². The average molecular weight is 1130 g/mol. The fourth-order valence-electron chi connectivity index (χ4n) is 12.5. The summed E-state index contributed by atoms with van der Waals surface area (Å²) < 4.78 is 56.0. The van der Waals surface area contributed by atoms with Crippen molar-refractivity contribution in [3.8, 4) is 11.8 Å². The molecule has 9 rings (SSSR count). The number of nitrogens with one attached hydrogen (secondary N) is 1. The summed E-state index contributed by atoms with van der Waals surface area (Å²) in [5.41, 5.74) is 16.9. The van der Waals surface area contributed by atoms with Gasteiger partial charge in [0.05, 0.1) is 24.8 Å². The van der Waals surface area contributed by atoms with E-state index in [-0.39, 0.29) is 60.0 Å². The number of hydrogen-bond acceptors (Lipinski definition) is 14. The van der Waals surface area contributed by atoms with Crippen LogP contribution in [0.4, 0.5) is 11.5 Å². The number of hydrogen-bond donors (Lipinski definition) is 5. The summed E-state index contributed by atoms with van der Waals surface area (Å²) in [7, 11) is -15.2. The molecule has 0 spiro atoms. The highest BCUT2D eigenvalue weighted by Crippen LogP contribution is 2.65. The van der Waals surface area contributed by atoms with E-state index in [0.717, 1.165) is 67.4 Å². The lowest BCUT2D eigenvalue weighted by Gasteiger charge is -2.48. The van der Waals surface area contributed by atoms with E-state index in [1.165, 1.54) is 55.8 Å². The molecular formula is C54H68N7O14P3. The smallest absolute Gasteiger partial charge is 0.487 e. The van der Waals surface area contributed by atoms with Gasteiger partial charge in [-0.3, -0.25) is 23.2 Å². The van der Waals surface area contributed by atoms with Crippen molar-refractivity contribution in [2.45, 2.75) is 129 Å². The number of phosphoric ester groups is 1. The molecule has 1 aliphatic carbocycles. The Morgan fingerprint density at radius 3 is 2.49 bits per heavy atom. The second kappa shape index (κ2) is 22.0. The van der Waals surface area contributed by atoms with Crippen LogP contribution < -0.4 is 41.7 Å². The van der Waals surface area contributed by atoms with Gasteiger partial charge in [0.15, 0.2) is 0 Å². The van der Waals surface area contributed by atoms with E-state index < -0.39 is 48.1 Å². The van der Waals surface area contributed by atoms with Crippen molar-refractivity contribution in [3.05, 3.63) is 120 Å². The van der Waals surface area contributed by atoms with E-state index in [2.05, 4.69) is 111 Å². The van der Waals surface area contributed by atoms with Crippen molar-refractivity contribution in [3.63, 3.8) is 0 Å². The number of carbonyl (C=O) groups is 2. The lowest BCUT2D eigenvalue weighted by atomic mass is 9.64. The third-order valence-electron chi connectivity index (χ3n) is 15.7. The molecule has 6 atom stereocenters. The van der Waals surface area contributed by atoms with Crippen LogP contribution in [0.3, 0.4) is 0 Å². The predicted molar refractivity (Wildman–Crippen MR) is 290 cm³/mol. The van der Waals surface area contributed by atoms with Crippen molar-refractivity contribution in [2.24, 2.45) is 0 Å². The number of fused-ring (bicyclic) bond motifs is 4. The quantitative estimate of drug-likeness (QED) is 0.0581. The summed E-state index contributed by atoms with van der Waals surface area (Å²) in [4.78, 5) is 87.3. The molecule has 3 aromatic carbocycles. The summed E-state index contributed by atoms with van der Waals surface area (Å²) in [5.74, 6) is 5.34. The Bertz CT molecular complexity index is 3510. The maximum atomic E-state index is 14.8. The Labute approximate surface area is 452 Å². The van der Waals surface area contributed by atoms with Gasteiger partial charge < -0.3 is 45.2 Å². The molecule has 4 aliphatic heterocycles. The number of nitrogens with two attached hydrogens (primary N) is 1. The van der Waals surface area contributed by atoms with Gasteiger partial charge in [-0.05, 0) is 128 Å². The Hall–Kier alpha value is -5.32. The number of nitrogen functional groups attached to an aromatic ring is 1. The molecule has 0 saturated carbocycles. The minimum atomic E-state index is -5.82. The highest BCUT2D eigenvalue weighted by molar-refractivity contribution is 7.66. The van der Waals surface area contributed by atoms with E-state index in [4.69, 9.17) is 15.4 Å². The molecule has 5 heterocycles. The molecule has 2 amide bonds. The molecule has 21 nitrogen and oxygen atoms in total. The van der Waals surface area contributed by atoms with Crippen LogP contribution in [-0.4, -0.2) is 99.0 Å². The van der Waals surface area contributed by atoms with Crippen LogP contribution in [0.15, 0.2) is 53.5 Å². The molecule has 1 saturated heterocycles. The molecule has 0 radical (unpaired) electrons. The first kappa shape index (κ1) is 57.4. The van der Waals surface area contributed by atoms with E-state index in [1.54, 1.807) is 11.9 Å². The number of anilines is 2. The van der Waals surface area contributed by atoms with E-state index in [1.807, 2.05) is 18.2 Å². The first-order valence-corrected chi connectivity index (χ1v) is 30.9. The van der Waals surface area contributed by atoms with E-state index in [9.17, 15) is 42.8 Å². The third kappa shape index (κ3) is 11.8. The van der Waals surface area contributed by atoms with Crippen molar-refractivity contribution in [2.75, 3.05) is 57.0 Å². The largest absolute Gasteiger partial charge is 0.756 e. The number of phosphoric acid groups is 3. The second-order valence-electron chi connectivity index (χ2n) is 21.9. The van der Waals surface area contributed by atoms with Gasteiger partial charge in [-0.1, -0.05) is 50.8 Å². The summed E-state index contributed by atoms with van der Waals surface area (Å²) >= 11 is 0. The standard InChI is InChI=1S/C54H68N7O14P3/c1-8-61-44-29-43-41(28-40(44)33(2)30-53(61,3)4)47(42-27-34-16-12-25-59-26-13-19-39(49(34)59)48(42)54(43,5)6)37-17-9-10-18-38(37)51(63)58(7)24-14-20-45(62)56-23-11-15-35-31-60(52(64)57-50(35)55)46-22-21-36(73-46)32-72-77(68,69)75-78(70,71)74-76(65,66)67/h9-10,17-18,27-29,31,33,36,46H,8,12-14,16,19-26,30,32H2,1-7H3,(H6-,55,56,57,62,64,65,66,67,68,69,70,71)/t33?,36-,46+/m0/s1. The number of benzene rings is 3. The van der Waals surface area contributed by atoms with Crippen molar-refractivity contribution in [1.29, 1.82) is 0 Å². The van der Waals surface area contributed by atoms with Gasteiger partial charge in [-0.15, -0.1) is 0 Å². The molecule has 418 valence electrons. The van der Waals surface area contributed by atoms with Crippen LogP contribution in [0.2, 0.25) is 0 Å². The van der Waals surface area contributed by atoms with Gasteiger partial charge in [-0.2, -0.15) is 9.29 Å². The highest BCUT2D eigenvalue weighted by atomic mass is 31.3. The fourth-order valence-corrected chi connectivity index (χ4v) is 15.5. The number of aryl methyl sites for hydroxylation is 1. The van der Waals surface area contributed by atoms with Gasteiger partial charge in [0, 0.05) is 78.9 Å². The van der Waals surface area contributed by atoms with Crippen LogP contribution in [-0.2, 0) is 54.6 Å². The van der Waals surface area contributed by atoms with E-state index >= 15 is 0 Å². The number of aromatic nitrogens is 2. The van der Waals surface area contributed by atoms with Crippen molar-refractivity contribution < 1.29 is 60.7 Å². The molecule has 5 aliphatic rings. The van der Waals surface area contributed by atoms with Crippen LogP contribution >= 0.6 is 23.5 Å². The summed E-state index contributed by atoms with van der Waals surface area (Å²) in [6, 6.07) is 15.4. The minimum Gasteiger partial charge on any atom is -0.756 e. The molecule has 0 bridgehead atoms. The average Bonchev–Trinajstić information content (AvgIpc) is 3.96. The summed E-state index contributed by atoms with van der Waals surface area (Å²) in [6.07, 6.45) is 5.50. The molecule has 78 heavy (non-hydrogen) atoms. The Balaban J connectivity index is 0.883. The Morgan fingerprint density at radius 1 is 1.03 bits per heavy atom. The number of amides is 2. The fraction of sp³-hybridized carbons (Fsp3) is 0.500. The maximum absolute atomic E-state index is 14.8. The zero-order valence-corrected chi connectivity index (χ0v) is 47.6. The molecule has 1 aromatic heterocycles. The second-order valence-corrected chi connectivity index (χ2v) is 26.3. The first-order valence-electron chi connectivity index (χ1n) is 26.4. The summed E-state index contributed by atoms with van der Waals surface area (Å²) in [5, 5.41) is 5.41. The van der Waals surface area contributed by atoms with Gasteiger partial charge in [-0.25, -0.2) is 22.8 Å². The molecular weight excluding hydrogens is 1060 g/mol. The van der Waals surface area contributed by atoms with Crippen LogP contribution in [0.25, 0.3) is 5.57 Å². The monoisotopic (exact) mass is 1130 g/mol. The lowest BCUT2D eigenvalue weighted by Crippen LogP contribution is -2.50. The highest BCUT2D eigenvalue weighted by Gasteiger charge is 2.44. The SMILES string of the molecule is CCN1c2cc3c(cc2C(C)CC1(C)C)C(c1ccccc1C(=O)N(C)CCCC(=O)NCC#Cc1cn([C@H]2CC[C@@H](COP(=O)(O)OP(=O)(O)OP(=O)([O-])O)O2)c(=O)nc1N)=c1cc2c4c(c1C3(C)C)CCC[N+]=4CCC2. The third-order valence-corrected chi connectivity index (χ3v) is 19.5. The van der Waals surface area contributed by atoms with Crippen LogP contribution in [0.5, 0.6) is 0 Å². The lowest BCUT2D eigenvalue weighted by molar-refractivity contribution is -0.212. The van der Waals surface area contributed by atoms with E-state index in [0.29, 0.717) is 24.4 Å². The van der Waals surface area contributed by atoms with Crippen LogP contribution in [0.1, 0.15) is 153 Å². The maximum Gasteiger partial charge on any atom is 0.487 e. The first-order chi connectivity index (χ1) is 36.7. The minimum absolute atomic E-state index is 0.00620. The molecule has 24 heteroatoms. The van der Waals surface area contributed by atoms with Crippen molar-refractivity contribution in [1.82, 2.24) is 24.3 Å². The Kier molecular flexibility index (Phi) is 16.2. The number of ether oxygens (including phenoxy) is 1. The van der Waals surface area contributed by atoms with Crippen LogP contribution in [0, 0.1) is 11.8 Å². The predicted octanol–water partition coefficient (Wildman–Crippen LogP) is 4.62. The van der Waals surface area contributed by atoms with Gasteiger partial charge in [0.1, 0.15) is 25.1 Å².